The minimum absolute atomic E-state index is 0.624. The van der Waals surface area contributed by atoms with Crippen molar-refractivity contribution in [1.29, 1.82) is 0 Å². The second-order valence-corrected chi connectivity index (χ2v) is 5.01. The first-order chi connectivity index (χ1) is 10.8. The molecule has 0 aliphatic heterocycles. The lowest BCUT2D eigenvalue weighted by molar-refractivity contribution is 0.898. The summed E-state index contributed by atoms with van der Waals surface area (Å²) >= 11 is 5.22. The van der Waals surface area contributed by atoms with E-state index >= 15 is 0 Å². The lowest BCUT2D eigenvalue weighted by Crippen LogP contribution is -2.28. The number of nitrogens with zero attached hydrogens (tertiary/aromatic N) is 1. The van der Waals surface area contributed by atoms with Crippen molar-refractivity contribution in [2.24, 2.45) is 0 Å². The molecule has 2 rings (SSSR count). The van der Waals surface area contributed by atoms with Crippen molar-refractivity contribution in [2.75, 3.05) is 11.9 Å². The van der Waals surface area contributed by atoms with Crippen LogP contribution in [-0.2, 0) is 0 Å². The Morgan fingerprint density at radius 2 is 1.82 bits per heavy atom. The van der Waals surface area contributed by atoms with Gasteiger partial charge in [-0.25, -0.2) is 0 Å². The third kappa shape index (κ3) is 6.33. The molecule has 2 N–H and O–H groups in total. The summed E-state index contributed by atoms with van der Waals surface area (Å²) in [5.41, 5.74) is 2.14. The molecule has 0 radical (unpaired) electrons. The molecular formula is C18H19N3S. The third-order valence-corrected chi connectivity index (χ3v) is 3.12. The van der Waals surface area contributed by atoms with Crippen LogP contribution in [0.4, 0.5) is 5.69 Å². The highest BCUT2D eigenvalue weighted by Gasteiger charge is 1.94. The molecule has 0 amide bonds. The maximum absolute atomic E-state index is 5.22. The minimum atomic E-state index is 0.624. The number of pyridine rings is 1. The summed E-state index contributed by atoms with van der Waals surface area (Å²) in [4.78, 5) is 3.96. The molecule has 0 saturated carbocycles. The van der Waals surface area contributed by atoms with E-state index in [0.717, 1.165) is 18.7 Å². The molecule has 0 bridgehead atoms. The Morgan fingerprint density at radius 3 is 2.59 bits per heavy atom. The van der Waals surface area contributed by atoms with Crippen LogP contribution in [0, 0.1) is 0 Å². The Morgan fingerprint density at radius 1 is 1.05 bits per heavy atom. The van der Waals surface area contributed by atoms with Crippen LogP contribution in [0.25, 0.3) is 6.08 Å². The second kappa shape index (κ2) is 9.47. The van der Waals surface area contributed by atoms with Crippen molar-refractivity contribution >= 4 is 29.1 Å². The van der Waals surface area contributed by atoms with Crippen molar-refractivity contribution in [2.45, 2.75) is 6.42 Å². The molecule has 4 heteroatoms. The Labute approximate surface area is 136 Å². The van der Waals surface area contributed by atoms with Crippen molar-refractivity contribution in [1.82, 2.24) is 10.3 Å². The molecule has 0 unspecified atom stereocenters. The van der Waals surface area contributed by atoms with Crippen molar-refractivity contribution in [3.8, 4) is 0 Å². The van der Waals surface area contributed by atoms with Gasteiger partial charge in [0.15, 0.2) is 5.11 Å². The van der Waals surface area contributed by atoms with Crippen LogP contribution in [0.15, 0.2) is 73.1 Å². The fraction of sp³-hybridized carbons (Fsp3) is 0.111. The predicted molar refractivity (Wildman–Crippen MR) is 97.7 cm³/mol. The highest BCUT2D eigenvalue weighted by atomic mass is 32.1. The van der Waals surface area contributed by atoms with Gasteiger partial charge in [-0.15, -0.1) is 0 Å². The molecule has 1 aromatic carbocycles. The molecule has 1 aromatic heterocycles. The Kier molecular flexibility index (Phi) is 6.85. The number of aromatic nitrogens is 1. The smallest absolute Gasteiger partial charge is 0.170 e. The van der Waals surface area contributed by atoms with Crippen LogP contribution >= 0.6 is 12.2 Å². The van der Waals surface area contributed by atoms with E-state index in [1.807, 2.05) is 42.5 Å². The van der Waals surface area contributed by atoms with Crippen LogP contribution in [0.3, 0.4) is 0 Å². The molecule has 1 heterocycles. The van der Waals surface area contributed by atoms with E-state index in [0.29, 0.717) is 5.11 Å². The van der Waals surface area contributed by atoms with Gasteiger partial charge in [-0.1, -0.05) is 54.6 Å². The van der Waals surface area contributed by atoms with Gasteiger partial charge < -0.3 is 10.6 Å². The minimum Gasteiger partial charge on any atom is -0.362 e. The maximum atomic E-state index is 5.22. The largest absolute Gasteiger partial charge is 0.362 e. The lowest BCUT2D eigenvalue weighted by atomic mass is 10.2. The molecular weight excluding hydrogens is 290 g/mol. The Hall–Kier alpha value is -2.46. The fourth-order valence-corrected chi connectivity index (χ4v) is 2.01. The van der Waals surface area contributed by atoms with Gasteiger partial charge in [-0.05, 0) is 36.3 Å². The maximum Gasteiger partial charge on any atom is 0.170 e. The van der Waals surface area contributed by atoms with E-state index < -0.39 is 0 Å². The molecule has 0 atom stereocenters. The van der Waals surface area contributed by atoms with Crippen molar-refractivity contribution in [3.05, 3.63) is 78.6 Å². The fourth-order valence-electron chi connectivity index (χ4n) is 1.79. The summed E-state index contributed by atoms with van der Waals surface area (Å²) in [6, 6.07) is 14.0. The summed E-state index contributed by atoms with van der Waals surface area (Å²) in [5, 5.41) is 6.90. The molecule has 3 nitrogen and oxygen atoms in total. The standard InChI is InChI=1S/C18H19N3S/c22-18(21-17-11-14-19-15-12-17)20-13-7-2-1-4-8-16-9-5-3-6-10-16/h1-6,8-12,14-15H,7,13H2,(H2,19,20,21,22)/b2-1+,8-4+. The zero-order chi connectivity index (χ0) is 15.5. The summed E-state index contributed by atoms with van der Waals surface area (Å²) in [5.74, 6) is 0. The SMILES string of the molecule is S=C(NCC/C=C/C=C/c1ccccc1)Nc1ccncc1. The molecule has 22 heavy (non-hydrogen) atoms. The summed E-state index contributed by atoms with van der Waals surface area (Å²) in [6.07, 6.45) is 12.7. The summed E-state index contributed by atoms with van der Waals surface area (Å²) in [6.45, 7) is 0.798. The number of benzene rings is 1. The van der Waals surface area contributed by atoms with E-state index in [1.165, 1.54) is 5.56 Å². The molecule has 0 spiro atoms. The molecule has 0 aliphatic rings. The van der Waals surface area contributed by atoms with Gasteiger partial charge in [0.1, 0.15) is 0 Å². The first-order valence-corrected chi connectivity index (χ1v) is 7.58. The Bertz CT molecular complexity index is 621. The number of hydrogen-bond donors (Lipinski definition) is 2. The van der Waals surface area contributed by atoms with E-state index in [4.69, 9.17) is 12.2 Å². The van der Waals surface area contributed by atoms with Crippen LogP contribution in [0.1, 0.15) is 12.0 Å². The quantitative estimate of drug-likeness (QED) is 0.480. The normalized spacial score (nSPS) is 10.9. The molecule has 0 aliphatic carbocycles. The number of hydrogen-bond acceptors (Lipinski definition) is 2. The number of rotatable bonds is 6. The molecule has 0 fully saturated rings. The van der Waals surface area contributed by atoms with Gasteiger partial charge in [0.25, 0.3) is 0 Å². The molecule has 0 saturated heterocycles. The van der Waals surface area contributed by atoms with Crippen LogP contribution in [-0.4, -0.2) is 16.6 Å². The van der Waals surface area contributed by atoms with E-state index in [1.54, 1.807) is 12.4 Å². The van der Waals surface area contributed by atoms with E-state index in [9.17, 15) is 0 Å². The highest BCUT2D eigenvalue weighted by Crippen LogP contribution is 2.02. The van der Waals surface area contributed by atoms with E-state index in [2.05, 4.69) is 39.9 Å². The predicted octanol–water partition coefficient (Wildman–Crippen LogP) is 4.03. The summed E-state index contributed by atoms with van der Waals surface area (Å²) < 4.78 is 0. The summed E-state index contributed by atoms with van der Waals surface area (Å²) in [7, 11) is 0. The van der Waals surface area contributed by atoms with Gasteiger partial charge >= 0.3 is 0 Å². The van der Waals surface area contributed by atoms with Crippen LogP contribution < -0.4 is 10.6 Å². The van der Waals surface area contributed by atoms with Gasteiger partial charge in [0.2, 0.25) is 0 Å². The highest BCUT2D eigenvalue weighted by molar-refractivity contribution is 7.80. The number of nitrogens with one attached hydrogen (secondary N) is 2. The average Bonchev–Trinajstić information content (AvgIpc) is 2.56. The first kappa shape index (κ1) is 15.9. The zero-order valence-corrected chi connectivity index (χ0v) is 13.1. The Balaban J connectivity index is 1.61. The average molecular weight is 309 g/mol. The number of allylic oxidation sites excluding steroid dienone is 2. The molecule has 2 aromatic rings. The van der Waals surface area contributed by atoms with Crippen molar-refractivity contribution < 1.29 is 0 Å². The first-order valence-electron chi connectivity index (χ1n) is 7.18. The topological polar surface area (TPSA) is 37.0 Å². The van der Waals surface area contributed by atoms with E-state index in [-0.39, 0.29) is 0 Å². The lowest BCUT2D eigenvalue weighted by Gasteiger charge is -2.08. The van der Waals surface area contributed by atoms with Crippen LogP contribution in [0.5, 0.6) is 0 Å². The number of anilines is 1. The van der Waals surface area contributed by atoms with Crippen LogP contribution in [0.2, 0.25) is 0 Å². The van der Waals surface area contributed by atoms with Gasteiger partial charge in [-0.3, -0.25) is 4.98 Å². The monoisotopic (exact) mass is 309 g/mol. The molecule has 112 valence electrons. The third-order valence-electron chi connectivity index (χ3n) is 2.87. The number of thiocarbonyl (C=S) groups is 1. The zero-order valence-electron chi connectivity index (χ0n) is 12.3. The van der Waals surface area contributed by atoms with Gasteiger partial charge in [0.05, 0.1) is 0 Å². The van der Waals surface area contributed by atoms with Gasteiger partial charge in [-0.2, -0.15) is 0 Å². The van der Waals surface area contributed by atoms with Gasteiger partial charge in [0, 0.05) is 24.6 Å². The van der Waals surface area contributed by atoms with Crippen molar-refractivity contribution in [3.63, 3.8) is 0 Å². The second-order valence-electron chi connectivity index (χ2n) is 4.60.